The van der Waals surface area contributed by atoms with Gasteiger partial charge in [0, 0.05) is 42.3 Å². The van der Waals surface area contributed by atoms with Gasteiger partial charge >= 0.3 is 0 Å². The van der Waals surface area contributed by atoms with Crippen molar-refractivity contribution in [3.05, 3.63) is 40.3 Å². The highest BCUT2D eigenvalue weighted by Gasteiger charge is 2.13. The van der Waals surface area contributed by atoms with Crippen LogP contribution in [0.15, 0.2) is 29.4 Å². The Hall–Kier alpha value is -2.15. The summed E-state index contributed by atoms with van der Waals surface area (Å²) in [5.41, 5.74) is 10.3. The Kier molecular flexibility index (Phi) is 4.68. The van der Waals surface area contributed by atoms with Crippen molar-refractivity contribution in [2.24, 2.45) is 5.11 Å². The van der Waals surface area contributed by atoms with E-state index in [1.807, 2.05) is 12.1 Å². The van der Waals surface area contributed by atoms with Crippen LogP contribution in [0, 0.1) is 11.8 Å². The van der Waals surface area contributed by atoms with Crippen LogP contribution < -0.4 is 4.90 Å². The van der Waals surface area contributed by atoms with Crippen molar-refractivity contribution in [2.75, 3.05) is 44.7 Å². The van der Waals surface area contributed by atoms with E-state index in [2.05, 4.69) is 50.8 Å². The zero-order chi connectivity index (χ0) is 13.5. The number of likely N-dealkylation sites (N-methyl/N-ethyl adjacent to an activating group) is 1. The topological polar surface area (TPSA) is 55.2 Å². The van der Waals surface area contributed by atoms with Gasteiger partial charge in [0.05, 0.1) is 6.54 Å². The fourth-order valence-electron chi connectivity index (χ4n) is 2.03. The summed E-state index contributed by atoms with van der Waals surface area (Å²) in [7, 11) is 2.15. The molecule has 0 unspecified atom stereocenters. The Bertz CT molecular complexity index is 511. The molecule has 0 bridgehead atoms. The first-order valence-electron chi connectivity index (χ1n) is 6.33. The number of hydrogen-bond acceptors (Lipinski definition) is 3. The molecule has 0 aromatic heterocycles. The molecule has 0 atom stereocenters. The van der Waals surface area contributed by atoms with Crippen LogP contribution >= 0.6 is 0 Å². The molecule has 0 aliphatic carbocycles. The van der Waals surface area contributed by atoms with Crippen LogP contribution in [0.5, 0.6) is 0 Å². The van der Waals surface area contributed by atoms with E-state index in [-0.39, 0.29) is 6.54 Å². The summed E-state index contributed by atoms with van der Waals surface area (Å²) in [6, 6.07) is 8.22. The molecule has 5 nitrogen and oxygen atoms in total. The van der Waals surface area contributed by atoms with Gasteiger partial charge in [-0.1, -0.05) is 17.0 Å². The van der Waals surface area contributed by atoms with Gasteiger partial charge in [0.2, 0.25) is 0 Å². The van der Waals surface area contributed by atoms with Crippen LogP contribution in [0.4, 0.5) is 5.69 Å². The van der Waals surface area contributed by atoms with Crippen LogP contribution in [-0.2, 0) is 0 Å². The Balaban J connectivity index is 1.97. The summed E-state index contributed by atoms with van der Waals surface area (Å²) in [5.74, 6) is 5.79. The molecular formula is C14H17N5. The maximum Gasteiger partial charge on any atom is 0.0880 e. The molecule has 98 valence electrons. The van der Waals surface area contributed by atoms with Crippen molar-refractivity contribution < 1.29 is 0 Å². The van der Waals surface area contributed by atoms with Crippen molar-refractivity contribution in [1.82, 2.24) is 4.90 Å². The highest BCUT2D eigenvalue weighted by molar-refractivity contribution is 5.51. The minimum atomic E-state index is 0.219. The second kappa shape index (κ2) is 6.69. The third-order valence-electron chi connectivity index (χ3n) is 3.18. The number of nitrogens with zero attached hydrogens (tertiary/aromatic N) is 5. The first-order chi connectivity index (χ1) is 9.29. The first kappa shape index (κ1) is 13.3. The van der Waals surface area contributed by atoms with Gasteiger partial charge in [0.25, 0.3) is 0 Å². The van der Waals surface area contributed by atoms with Gasteiger partial charge < -0.3 is 9.80 Å². The van der Waals surface area contributed by atoms with Gasteiger partial charge in [-0.3, -0.25) is 0 Å². The van der Waals surface area contributed by atoms with Crippen LogP contribution in [0.3, 0.4) is 0 Å². The number of anilines is 1. The zero-order valence-corrected chi connectivity index (χ0v) is 11.1. The van der Waals surface area contributed by atoms with Crippen LogP contribution in [0.25, 0.3) is 10.4 Å². The van der Waals surface area contributed by atoms with Gasteiger partial charge in [0.1, 0.15) is 0 Å². The molecule has 1 saturated heterocycles. The largest absolute Gasteiger partial charge is 0.369 e. The summed E-state index contributed by atoms with van der Waals surface area (Å²) in [4.78, 5) is 7.39. The van der Waals surface area contributed by atoms with E-state index in [9.17, 15) is 0 Å². The Labute approximate surface area is 113 Å². The number of rotatable bonds is 2. The third kappa shape index (κ3) is 3.92. The number of benzene rings is 1. The fraction of sp³-hybridized carbons (Fsp3) is 0.429. The molecule has 0 saturated carbocycles. The molecule has 1 aliphatic rings. The molecule has 1 aromatic carbocycles. The van der Waals surface area contributed by atoms with Gasteiger partial charge in [-0.25, -0.2) is 0 Å². The van der Waals surface area contributed by atoms with E-state index in [1.165, 1.54) is 5.69 Å². The molecule has 1 heterocycles. The van der Waals surface area contributed by atoms with E-state index < -0.39 is 0 Å². The molecule has 0 spiro atoms. The summed E-state index contributed by atoms with van der Waals surface area (Å²) in [6.45, 7) is 4.56. The predicted molar refractivity (Wildman–Crippen MR) is 77.0 cm³/mol. The minimum absolute atomic E-state index is 0.219. The summed E-state index contributed by atoms with van der Waals surface area (Å²) in [6.07, 6.45) is 0. The lowest BCUT2D eigenvalue weighted by molar-refractivity contribution is 0.313. The molecule has 19 heavy (non-hydrogen) atoms. The lowest BCUT2D eigenvalue weighted by Gasteiger charge is -2.34. The van der Waals surface area contributed by atoms with Gasteiger partial charge in [-0.05, 0) is 36.8 Å². The minimum Gasteiger partial charge on any atom is -0.369 e. The second-order valence-corrected chi connectivity index (χ2v) is 4.53. The predicted octanol–water partition coefficient (Wildman–Crippen LogP) is 2.10. The highest BCUT2D eigenvalue weighted by Crippen LogP contribution is 2.16. The monoisotopic (exact) mass is 255 g/mol. The van der Waals surface area contributed by atoms with E-state index in [1.54, 1.807) is 0 Å². The van der Waals surface area contributed by atoms with Crippen LogP contribution in [-0.4, -0.2) is 44.7 Å². The first-order valence-corrected chi connectivity index (χ1v) is 6.33. The zero-order valence-electron chi connectivity index (χ0n) is 11.1. The van der Waals surface area contributed by atoms with E-state index >= 15 is 0 Å². The number of azide groups is 1. The fourth-order valence-corrected chi connectivity index (χ4v) is 2.03. The number of hydrogen-bond donors (Lipinski definition) is 0. The van der Waals surface area contributed by atoms with Crippen molar-refractivity contribution in [3.63, 3.8) is 0 Å². The Morgan fingerprint density at radius 2 is 1.89 bits per heavy atom. The normalized spacial score (nSPS) is 15.3. The van der Waals surface area contributed by atoms with Crippen LogP contribution in [0.1, 0.15) is 5.56 Å². The summed E-state index contributed by atoms with van der Waals surface area (Å²) < 4.78 is 0. The van der Waals surface area contributed by atoms with E-state index in [0.29, 0.717) is 0 Å². The highest BCUT2D eigenvalue weighted by atomic mass is 15.2. The third-order valence-corrected chi connectivity index (χ3v) is 3.18. The van der Waals surface area contributed by atoms with Crippen molar-refractivity contribution in [3.8, 4) is 11.8 Å². The molecule has 0 amide bonds. The summed E-state index contributed by atoms with van der Waals surface area (Å²) >= 11 is 0. The van der Waals surface area contributed by atoms with Gasteiger partial charge in [-0.2, -0.15) is 0 Å². The molecule has 1 aliphatic heterocycles. The van der Waals surface area contributed by atoms with Crippen molar-refractivity contribution in [1.29, 1.82) is 0 Å². The van der Waals surface area contributed by atoms with Crippen molar-refractivity contribution >= 4 is 5.69 Å². The molecule has 0 N–H and O–H groups in total. The molecule has 0 radical (unpaired) electrons. The molecule has 5 heteroatoms. The van der Waals surface area contributed by atoms with Gasteiger partial charge in [-0.15, -0.1) is 0 Å². The SMILES string of the molecule is CN1CCN(c2ccc(C#CCN=[N+]=[N-])cc2)CC1. The smallest absolute Gasteiger partial charge is 0.0880 e. The summed E-state index contributed by atoms with van der Waals surface area (Å²) in [5, 5.41) is 3.38. The number of piperazine rings is 1. The Morgan fingerprint density at radius 1 is 1.21 bits per heavy atom. The van der Waals surface area contributed by atoms with Crippen molar-refractivity contribution in [2.45, 2.75) is 0 Å². The maximum absolute atomic E-state index is 8.14. The standard InChI is InChI=1S/C14H17N5/c1-18-9-11-19(12-10-18)14-6-4-13(5-7-14)3-2-8-16-17-15/h4-7H,8-12H2,1H3. The second-order valence-electron chi connectivity index (χ2n) is 4.53. The van der Waals surface area contributed by atoms with E-state index in [4.69, 9.17) is 5.53 Å². The molecule has 1 fully saturated rings. The van der Waals surface area contributed by atoms with Crippen LogP contribution in [0.2, 0.25) is 0 Å². The average Bonchev–Trinajstić information content (AvgIpc) is 2.45. The Morgan fingerprint density at radius 3 is 2.53 bits per heavy atom. The molecule has 1 aromatic rings. The lowest BCUT2D eigenvalue weighted by atomic mass is 10.2. The lowest BCUT2D eigenvalue weighted by Crippen LogP contribution is -2.44. The van der Waals surface area contributed by atoms with E-state index in [0.717, 1.165) is 31.7 Å². The molecular weight excluding hydrogens is 238 g/mol. The maximum atomic E-state index is 8.14. The van der Waals surface area contributed by atoms with Gasteiger partial charge in [0.15, 0.2) is 0 Å². The molecule has 2 rings (SSSR count). The average molecular weight is 255 g/mol. The quantitative estimate of drug-likeness (QED) is 0.352.